The third-order valence-electron chi connectivity index (χ3n) is 1.84. The number of aromatic nitrogens is 1. The second-order valence-corrected chi connectivity index (χ2v) is 2.87. The molecule has 1 aromatic rings. The predicted molar refractivity (Wildman–Crippen MR) is 63.4 cm³/mol. The van der Waals surface area contributed by atoms with Crippen LogP contribution in [-0.2, 0) is 12.8 Å². The van der Waals surface area contributed by atoms with Crippen LogP contribution in [0.15, 0.2) is 24.8 Å². The summed E-state index contributed by atoms with van der Waals surface area (Å²) in [6.45, 7) is 8.39. The standard InChI is InChI=1S/C10H16N2.C2H6/c1-2-3-4-9-5-6-10(12-9)7-8-11;1-2/h2,5-6,12H,1,3-4,7-8,11H2;1-2H3. The fourth-order valence-electron chi connectivity index (χ4n) is 1.20. The minimum atomic E-state index is 0.710. The molecule has 1 aromatic heterocycles. The molecule has 0 aliphatic carbocycles. The molecule has 0 saturated heterocycles. The van der Waals surface area contributed by atoms with Crippen LogP contribution in [-0.4, -0.2) is 11.5 Å². The summed E-state index contributed by atoms with van der Waals surface area (Å²) < 4.78 is 0. The third-order valence-corrected chi connectivity index (χ3v) is 1.84. The maximum absolute atomic E-state index is 5.43. The van der Waals surface area contributed by atoms with Crippen molar-refractivity contribution < 1.29 is 0 Å². The number of aryl methyl sites for hydroxylation is 1. The number of allylic oxidation sites excluding steroid dienone is 1. The molecule has 0 unspecified atom stereocenters. The van der Waals surface area contributed by atoms with Crippen LogP contribution in [0.1, 0.15) is 31.7 Å². The van der Waals surface area contributed by atoms with E-state index in [0.29, 0.717) is 6.54 Å². The highest BCUT2D eigenvalue weighted by Gasteiger charge is 1.96. The van der Waals surface area contributed by atoms with Gasteiger partial charge in [0.1, 0.15) is 0 Å². The molecule has 1 heterocycles. The normalized spacial score (nSPS) is 9.07. The predicted octanol–water partition coefficient (Wildman–Crippen LogP) is 2.66. The lowest BCUT2D eigenvalue weighted by Gasteiger charge is -1.94. The van der Waals surface area contributed by atoms with E-state index in [9.17, 15) is 0 Å². The molecule has 2 heteroatoms. The second kappa shape index (κ2) is 8.57. The van der Waals surface area contributed by atoms with Crippen molar-refractivity contribution in [2.75, 3.05) is 6.54 Å². The van der Waals surface area contributed by atoms with Crippen molar-refractivity contribution in [1.29, 1.82) is 0 Å². The van der Waals surface area contributed by atoms with Crippen molar-refractivity contribution >= 4 is 0 Å². The van der Waals surface area contributed by atoms with Crippen LogP contribution in [0, 0.1) is 0 Å². The van der Waals surface area contributed by atoms with Gasteiger partial charge in [0.25, 0.3) is 0 Å². The number of H-pyrrole nitrogens is 1. The molecule has 0 amide bonds. The summed E-state index contributed by atoms with van der Waals surface area (Å²) in [4.78, 5) is 3.32. The number of rotatable bonds is 5. The average Bonchev–Trinajstić information content (AvgIpc) is 2.66. The van der Waals surface area contributed by atoms with Gasteiger partial charge >= 0.3 is 0 Å². The van der Waals surface area contributed by atoms with Gasteiger partial charge in [-0.1, -0.05) is 19.9 Å². The zero-order valence-electron chi connectivity index (χ0n) is 9.34. The van der Waals surface area contributed by atoms with Gasteiger partial charge in [0.15, 0.2) is 0 Å². The Balaban J connectivity index is 0.000000791. The second-order valence-electron chi connectivity index (χ2n) is 2.87. The molecular weight excluding hydrogens is 172 g/mol. The molecule has 3 N–H and O–H groups in total. The molecule has 0 saturated carbocycles. The van der Waals surface area contributed by atoms with Crippen LogP contribution in [0.5, 0.6) is 0 Å². The van der Waals surface area contributed by atoms with E-state index >= 15 is 0 Å². The first-order chi connectivity index (χ1) is 6.86. The van der Waals surface area contributed by atoms with Crippen LogP contribution in [0.4, 0.5) is 0 Å². The zero-order chi connectivity index (χ0) is 10.8. The smallest absolute Gasteiger partial charge is 0.0161 e. The van der Waals surface area contributed by atoms with E-state index < -0.39 is 0 Å². The molecule has 1 rings (SSSR count). The Kier molecular flexibility index (Phi) is 7.95. The summed E-state index contributed by atoms with van der Waals surface area (Å²) in [6, 6.07) is 4.22. The summed E-state index contributed by atoms with van der Waals surface area (Å²) in [7, 11) is 0. The SMILES string of the molecule is C=CCCc1ccc(CCN)[nH]1.CC. The number of nitrogens with one attached hydrogen (secondary N) is 1. The lowest BCUT2D eigenvalue weighted by molar-refractivity contribution is 0.899. The van der Waals surface area contributed by atoms with E-state index in [1.54, 1.807) is 0 Å². The van der Waals surface area contributed by atoms with Gasteiger partial charge in [-0.3, -0.25) is 0 Å². The Hall–Kier alpha value is -1.02. The van der Waals surface area contributed by atoms with Crippen molar-refractivity contribution in [2.45, 2.75) is 33.1 Å². The molecule has 0 radical (unpaired) electrons. The molecule has 0 fully saturated rings. The van der Waals surface area contributed by atoms with Crippen LogP contribution >= 0.6 is 0 Å². The Morgan fingerprint density at radius 2 is 1.86 bits per heavy atom. The summed E-state index contributed by atoms with van der Waals surface area (Å²) in [5.74, 6) is 0. The third kappa shape index (κ3) is 4.87. The van der Waals surface area contributed by atoms with E-state index in [-0.39, 0.29) is 0 Å². The molecule has 0 atom stereocenters. The molecular formula is C12H22N2. The summed E-state index contributed by atoms with van der Waals surface area (Å²) in [6.07, 6.45) is 4.95. The van der Waals surface area contributed by atoms with Gasteiger partial charge in [0.05, 0.1) is 0 Å². The van der Waals surface area contributed by atoms with Crippen molar-refractivity contribution in [3.63, 3.8) is 0 Å². The highest BCUT2D eigenvalue weighted by molar-refractivity contribution is 5.13. The first-order valence-corrected chi connectivity index (χ1v) is 5.34. The fraction of sp³-hybridized carbons (Fsp3) is 0.500. The average molecular weight is 194 g/mol. The zero-order valence-corrected chi connectivity index (χ0v) is 9.34. The maximum atomic E-state index is 5.43. The number of nitrogens with two attached hydrogens (primary N) is 1. The van der Waals surface area contributed by atoms with E-state index in [1.807, 2.05) is 19.9 Å². The summed E-state index contributed by atoms with van der Waals surface area (Å²) in [5.41, 5.74) is 7.94. The lowest BCUT2D eigenvalue weighted by Crippen LogP contribution is -2.02. The van der Waals surface area contributed by atoms with Gasteiger partial charge in [-0.25, -0.2) is 0 Å². The molecule has 14 heavy (non-hydrogen) atoms. The van der Waals surface area contributed by atoms with E-state index in [1.165, 1.54) is 11.4 Å². The van der Waals surface area contributed by atoms with E-state index in [4.69, 9.17) is 5.73 Å². The lowest BCUT2D eigenvalue weighted by atomic mass is 10.2. The molecule has 0 aliphatic heterocycles. The van der Waals surface area contributed by atoms with Gasteiger partial charge in [0.2, 0.25) is 0 Å². The minimum Gasteiger partial charge on any atom is -0.362 e. The van der Waals surface area contributed by atoms with Gasteiger partial charge in [-0.2, -0.15) is 0 Å². The van der Waals surface area contributed by atoms with Gasteiger partial charge in [-0.05, 0) is 37.9 Å². The Bertz CT molecular complexity index is 238. The molecule has 0 spiro atoms. The first kappa shape index (κ1) is 13.0. The van der Waals surface area contributed by atoms with Crippen LogP contribution in [0.25, 0.3) is 0 Å². The van der Waals surface area contributed by atoms with E-state index in [2.05, 4.69) is 23.7 Å². The molecule has 0 aromatic carbocycles. The first-order valence-electron chi connectivity index (χ1n) is 5.34. The number of aromatic amines is 1. The van der Waals surface area contributed by atoms with Crippen molar-refractivity contribution in [1.82, 2.24) is 4.98 Å². The van der Waals surface area contributed by atoms with Gasteiger partial charge in [-0.15, -0.1) is 6.58 Å². The van der Waals surface area contributed by atoms with Crippen molar-refractivity contribution in [2.24, 2.45) is 5.73 Å². The fourth-order valence-corrected chi connectivity index (χ4v) is 1.20. The van der Waals surface area contributed by atoms with E-state index in [0.717, 1.165) is 19.3 Å². The molecule has 80 valence electrons. The maximum Gasteiger partial charge on any atom is 0.0161 e. The molecule has 2 nitrogen and oxygen atoms in total. The quantitative estimate of drug-likeness (QED) is 0.695. The molecule has 0 aliphatic rings. The van der Waals surface area contributed by atoms with Crippen LogP contribution < -0.4 is 5.73 Å². The number of hydrogen-bond donors (Lipinski definition) is 2. The van der Waals surface area contributed by atoms with Gasteiger partial charge < -0.3 is 10.7 Å². The Labute approximate surface area is 87.2 Å². The molecule has 0 bridgehead atoms. The Morgan fingerprint density at radius 3 is 2.36 bits per heavy atom. The monoisotopic (exact) mass is 194 g/mol. The summed E-state index contributed by atoms with van der Waals surface area (Å²) in [5, 5.41) is 0. The van der Waals surface area contributed by atoms with Gasteiger partial charge in [0, 0.05) is 11.4 Å². The largest absolute Gasteiger partial charge is 0.362 e. The van der Waals surface area contributed by atoms with Crippen LogP contribution in [0.3, 0.4) is 0 Å². The summed E-state index contributed by atoms with van der Waals surface area (Å²) >= 11 is 0. The van der Waals surface area contributed by atoms with Crippen molar-refractivity contribution in [3.8, 4) is 0 Å². The minimum absolute atomic E-state index is 0.710. The number of hydrogen-bond acceptors (Lipinski definition) is 1. The highest BCUT2D eigenvalue weighted by atomic mass is 14.7. The Morgan fingerprint density at radius 1 is 1.29 bits per heavy atom. The topological polar surface area (TPSA) is 41.8 Å². The van der Waals surface area contributed by atoms with Crippen LogP contribution in [0.2, 0.25) is 0 Å². The highest BCUT2D eigenvalue weighted by Crippen LogP contribution is 2.04. The van der Waals surface area contributed by atoms with Crippen molar-refractivity contribution in [3.05, 3.63) is 36.2 Å².